The van der Waals surface area contributed by atoms with Crippen LogP contribution in [0.5, 0.6) is 0 Å². The standard InChI is InChI=1S/C16H17N/c17-15-11-14(15)16(12-7-3-1-4-8-12)13-9-5-2-6-10-13/h1-10,14-16H,11,17H2/t14-,15-/m1/s1. The zero-order valence-corrected chi connectivity index (χ0v) is 9.79. The van der Waals surface area contributed by atoms with Crippen molar-refractivity contribution >= 4 is 0 Å². The molecule has 2 N–H and O–H groups in total. The molecule has 1 saturated carbocycles. The molecule has 2 aromatic rings. The van der Waals surface area contributed by atoms with Crippen LogP contribution in [0.4, 0.5) is 0 Å². The summed E-state index contributed by atoms with van der Waals surface area (Å²) in [5, 5.41) is 0. The molecule has 0 radical (unpaired) electrons. The van der Waals surface area contributed by atoms with Gasteiger partial charge in [0.15, 0.2) is 0 Å². The van der Waals surface area contributed by atoms with Gasteiger partial charge in [0.1, 0.15) is 0 Å². The number of hydrogen-bond acceptors (Lipinski definition) is 1. The summed E-state index contributed by atoms with van der Waals surface area (Å²) in [5.41, 5.74) is 8.81. The predicted octanol–water partition coefficient (Wildman–Crippen LogP) is 3.17. The largest absolute Gasteiger partial charge is 0.327 e. The average molecular weight is 223 g/mol. The molecule has 1 aliphatic rings. The van der Waals surface area contributed by atoms with Crippen LogP contribution in [0.2, 0.25) is 0 Å². The predicted molar refractivity (Wildman–Crippen MR) is 70.8 cm³/mol. The molecule has 1 heteroatoms. The molecule has 17 heavy (non-hydrogen) atoms. The van der Waals surface area contributed by atoms with Crippen molar-refractivity contribution in [1.82, 2.24) is 0 Å². The third-order valence-electron chi connectivity index (χ3n) is 3.64. The summed E-state index contributed by atoms with van der Waals surface area (Å²) < 4.78 is 0. The van der Waals surface area contributed by atoms with Gasteiger partial charge in [0.25, 0.3) is 0 Å². The lowest BCUT2D eigenvalue weighted by Crippen LogP contribution is -2.11. The molecule has 86 valence electrons. The maximum Gasteiger partial charge on any atom is 0.0133 e. The third kappa shape index (κ3) is 2.11. The van der Waals surface area contributed by atoms with Gasteiger partial charge in [0.05, 0.1) is 0 Å². The van der Waals surface area contributed by atoms with Crippen LogP contribution in [0.25, 0.3) is 0 Å². The minimum Gasteiger partial charge on any atom is -0.327 e. The summed E-state index contributed by atoms with van der Waals surface area (Å²) in [6, 6.07) is 21.8. The summed E-state index contributed by atoms with van der Waals surface area (Å²) >= 11 is 0. The highest BCUT2D eigenvalue weighted by molar-refractivity contribution is 5.35. The van der Waals surface area contributed by atoms with Crippen LogP contribution in [0, 0.1) is 5.92 Å². The van der Waals surface area contributed by atoms with Crippen molar-refractivity contribution in [2.24, 2.45) is 11.7 Å². The highest BCUT2D eigenvalue weighted by Crippen LogP contribution is 2.45. The smallest absolute Gasteiger partial charge is 0.0133 e. The van der Waals surface area contributed by atoms with Crippen LogP contribution < -0.4 is 5.73 Å². The molecule has 0 aliphatic heterocycles. The third-order valence-corrected chi connectivity index (χ3v) is 3.64. The van der Waals surface area contributed by atoms with Crippen molar-refractivity contribution in [3.63, 3.8) is 0 Å². The van der Waals surface area contributed by atoms with E-state index in [4.69, 9.17) is 5.73 Å². The zero-order chi connectivity index (χ0) is 11.7. The molecule has 0 spiro atoms. The first kappa shape index (κ1) is 10.5. The molecular formula is C16H17N. The SMILES string of the molecule is N[C@@H]1C[C@H]1C(c1ccccc1)c1ccccc1. The van der Waals surface area contributed by atoms with E-state index in [1.54, 1.807) is 0 Å². The molecule has 0 bridgehead atoms. The Balaban J connectivity index is 1.99. The highest BCUT2D eigenvalue weighted by atomic mass is 14.8. The molecule has 1 nitrogen and oxygen atoms in total. The maximum atomic E-state index is 6.04. The molecule has 0 amide bonds. The van der Waals surface area contributed by atoms with Crippen LogP contribution in [-0.4, -0.2) is 6.04 Å². The van der Waals surface area contributed by atoms with E-state index in [2.05, 4.69) is 60.7 Å². The Morgan fingerprint density at radius 2 is 1.24 bits per heavy atom. The Bertz CT molecular complexity index is 438. The second-order valence-corrected chi connectivity index (χ2v) is 4.86. The first-order valence-electron chi connectivity index (χ1n) is 6.22. The van der Waals surface area contributed by atoms with Crippen LogP contribution in [-0.2, 0) is 0 Å². The van der Waals surface area contributed by atoms with Crippen molar-refractivity contribution in [1.29, 1.82) is 0 Å². The van der Waals surface area contributed by atoms with Gasteiger partial charge in [-0.25, -0.2) is 0 Å². The van der Waals surface area contributed by atoms with Crippen LogP contribution in [0.15, 0.2) is 60.7 Å². The lowest BCUT2D eigenvalue weighted by Gasteiger charge is -2.17. The van der Waals surface area contributed by atoms with Gasteiger partial charge >= 0.3 is 0 Å². The molecule has 2 aromatic carbocycles. The summed E-state index contributed by atoms with van der Waals surface area (Å²) in [6.45, 7) is 0. The van der Waals surface area contributed by atoms with Crippen LogP contribution in [0.1, 0.15) is 23.5 Å². The van der Waals surface area contributed by atoms with E-state index in [9.17, 15) is 0 Å². The summed E-state index contributed by atoms with van der Waals surface area (Å²) in [5.74, 6) is 1.08. The number of benzene rings is 2. The van der Waals surface area contributed by atoms with Gasteiger partial charge in [-0.1, -0.05) is 60.7 Å². The highest BCUT2D eigenvalue weighted by Gasteiger charge is 2.41. The van der Waals surface area contributed by atoms with Crippen molar-refractivity contribution in [2.45, 2.75) is 18.4 Å². The lowest BCUT2D eigenvalue weighted by atomic mass is 9.87. The van der Waals surface area contributed by atoms with Crippen molar-refractivity contribution < 1.29 is 0 Å². The molecule has 0 aromatic heterocycles. The van der Waals surface area contributed by atoms with E-state index in [0.29, 0.717) is 17.9 Å². The fourth-order valence-corrected chi connectivity index (χ4v) is 2.63. The van der Waals surface area contributed by atoms with E-state index in [1.165, 1.54) is 11.1 Å². The van der Waals surface area contributed by atoms with Crippen LogP contribution in [0.3, 0.4) is 0 Å². The van der Waals surface area contributed by atoms with E-state index in [-0.39, 0.29) is 0 Å². The number of hydrogen-bond donors (Lipinski definition) is 1. The first-order valence-corrected chi connectivity index (χ1v) is 6.22. The van der Waals surface area contributed by atoms with Crippen molar-refractivity contribution in [2.75, 3.05) is 0 Å². The Morgan fingerprint density at radius 3 is 1.59 bits per heavy atom. The zero-order valence-electron chi connectivity index (χ0n) is 9.79. The van der Waals surface area contributed by atoms with Crippen molar-refractivity contribution in [3.8, 4) is 0 Å². The molecule has 2 atom stereocenters. The molecule has 0 unspecified atom stereocenters. The second kappa shape index (κ2) is 4.34. The summed E-state index contributed by atoms with van der Waals surface area (Å²) in [4.78, 5) is 0. The van der Waals surface area contributed by atoms with Gasteiger partial charge < -0.3 is 5.73 Å². The Labute approximate surface area is 102 Å². The van der Waals surface area contributed by atoms with Gasteiger partial charge in [-0.15, -0.1) is 0 Å². The van der Waals surface area contributed by atoms with E-state index in [0.717, 1.165) is 6.42 Å². The Kier molecular flexibility index (Phi) is 2.69. The molecule has 3 rings (SSSR count). The minimum absolute atomic E-state index is 0.375. The van der Waals surface area contributed by atoms with E-state index >= 15 is 0 Å². The van der Waals surface area contributed by atoms with Gasteiger partial charge in [0, 0.05) is 12.0 Å². The summed E-state index contributed by atoms with van der Waals surface area (Å²) in [6.07, 6.45) is 1.15. The number of nitrogens with two attached hydrogens (primary N) is 1. The maximum absolute atomic E-state index is 6.04. The monoisotopic (exact) mass is 223 g/mol. The van der Waals surface area contributed by atoms with Gasteiger partial charge in [-0.05, 0) is 23.5 Å². The molecule has 0 saturated heterocycles. The van der Waals surface area contributed by atoms with Crippen LogP contribution >= 0.6 is 0 Å². The fourth-order valence-electron chi connectivity index (χ4n) is 2.63. The minimum atomic E-state index is 0.375. The second-order valence-electron chi connectivity index (χ2n) is 4.86. The van der Waals surface area contributed by atoms with E-state index in [1.807, 2.05) is 0 Å². The molecule has 0 heterocycles. The normalized spacial score (nSPS) is 22.7. The molecular weight excluding hydrogens is 206 g/mol. The number of rotatable bonds is 3. The first-order chi connectivity index (χ1) is 8.36. The lowest BCUT2D eigenvalue weighted by molar-refractivity contribution is 0.677. The Hall–Kier alpha value is -1.60. The quantitative estimate of drug-likeness (QED) is 0.849. The Morgan fingerprint density at radius 1 is 0.824 bits per heavy atom. The average Bonchev–Trinajstić information content (AvgIpc) is 3.09. The van der Waals surface area contributed by atoms with Gasteiger partial charge in [0.2, 0.25) is 0 Å². The van der Waals surface area contributed by atoms with Crippen molar-refractivity contribution in [3.05, 3.63) is 71.8 Å². The summed E-state index contributed by atoms with van der Waals surface area (Å²) in [7, 11) is 0. The topological polar surface area (TPSA) is 26.0 Å². The van der Waals surface area contributed by atoms with E-state index < -0.39 is 0 Å². The van der Waals surface area contributed by atoms with Gasteiger partial charge in [-0.2, -0.15) is 0 Å². The fraction of sp³-hybridized carbons (Fsp3) is 0.250. The molecule has 1 aliphatic carbocycles. The van der Waals surface area contributed by atoms with Gasteiger partial charge in [-0.3, -0.25) is 0 Å². The molecule has 1 fully saturated rings.